The zero-order valence-electron chi connectivity index (χ0n) is 20.0. The van der Waals surface area contributed by atoms with E-state index in [0.29, 0.717) is 37.0 Å². The van der Waals surface area contributed by atoms with Crippen LogP contribution in [0, 0.1) is 0 Å². The quantitative estimate of drug-likeness (QED) is 0.0740. The molecule has 0 bridgehead atoms. The van der Waals surface area contributed by atoms with Crippen LogP contribution in [0.5, 0.6) is 0 Å². The van der Waals surface area contributed by atoms with E-state index in [1.165, 1.54) is 35.9 Å². The van der Waals surface area contributed by atoms with Crippen LogP contribution in [-0.4, -0.2) is 43.3 Å². The monoisotopic (exact) mass is 685 g/mol. The fourth-order valence-electron chi connectivity index (χ4n) is 2.89. The van der Waals surface area contributed by atoms with Gasteiger partial charge in [0.05, 0.1) is 10.6 Å². The minimum atomic E-state index is -1.44. The summed E-state index contributed by atoms with van der Waals surface area (Å²) in [6.07, 6.45) is 5.71. The summed E-state index contributed by atoms with van der Waals surface area (Å²) in [6.45, 7) is 0. The third-order valence-corrected chi connectivity index (χ3v) is 7.08. The number of carbonyl (C=O) groups excluding carboxylic acids is 1. The van der Waals surface area contributed by atoms with E-state index < -0.39 is 20.9 Å². The van der Waals surface area contributed by atoms with E-state index in [4.69, 9.17) is 54.1 Å². The first-order valence-electron chi connectivity index (χ1n) is 10.4. The molecular formula is C24H18Cl4MnN4O4S2. The molecule has 1 unspecified atom stereocenters. The predicted octanol–water partition coefficient (Wildman–Crippen LogP) is 7.08. The molecule has 39 heavy (non-hydrogen) atoms. The molecule has 0 saturated carbocycles. The summed E-state index contributed by atoms with van der Waals surface area (Å²) in [6, 6.07) is 13.8. The Labute approximate surface area is 258 Å². The average molecular weight is 687 g/mol. The first-order chi connectivity index (χ1) is 18.7. The van der Waals surface area contributed by atoms with Gasteiger partial charge in [0.1, 0.15) is 16.4 Å². The van der Waals surface area contributed by atoms with Crippen molar-refractivity contribution in [1.29, 1.82) is 0 Å². The Balaban J connectivity index is 0.000000249. The summed E-state index contributed by atoms with van der Waals surface area (Å²) < 4.78 is 16.8. The minimum absolute atomic E-state index is 0.138. The Morgan fingerprint density at radius 3 is 1.79 bits per heavy atom. The summed E-state index contributed by atoms with van der Waals surface area (Å²) in [5, 5.41) is 12.6. The van der Waals surface area contributed by atoms with Gasteiger partial charge in [-0.15, -0.1) is 0 Å². The number of benzene rings is 2. The van der Waals surface area contributed by atoms with E-state index in [-0.39, 0.29) is 21.7 Å². The molecule has 0 fully saturated rings. The number of aliphatic hydroxyl groups is 1. The first kappa shape index (κ1) is 33.4. The maximum atomic E-state index is 12.2. The molecule has 0 spiro atoms. The Bertz CT molecular complexity index is 1480. The van der Waals surface area contributed by atoms with Crippen LogP contribution in [0.15, 0.2) is 71.2 Å². The topological polar surface area (TPSA) is 123 Å². The molecule has 2 aromatic heterocycles. The fourth-order valence-corrected chi connectivity index (χ4v) is 4.58. The zero-order valence-corrected chi connectivity index (χ0v) is 25.9. The molecule has 1 atom stereocenters. The van der Waals surface area contributed by atoms with Crippen molar-refractivity contribution >= 4 is 75.7 Å². The average Bonchev–Trinajstić information content (AvgIpc) is 2.93. The second-order valence-corrected chi connectivity index (χ2v) is 10.2. The van der Waals surface area contributed by atoms with Gasteiger partial charge in [0.25, 0.3) is 0 Å². The van der Waals surface area contributed by atoms with Crippen LogP contribution >= 0.6 is 69.9 Å². The van der Waals surface area contributed by atoms with Crippen LogP contribution < -0.4 is 0 Å². The van der Waals surface area contributed by atoms with Gasteiger partial charge < -0.3 is 5.11 Å². The Morgan fingerprint density at radius 1 is 0.769 bits per heavy atom. The van der Waals surface area contributed by atoms with E-state index in [1.807, 2.05) is 12.5 Å². The van der Waals surface area contributed by atoms with Crippen LogP contribution in [-0.2, 0) is 22.5 Å². The van der Waals surface area contributed by atoms with Gasteiger partial charge in [-0.05, 0) is 30.7 Å². The van der Waals surface area contributed by atoms with Gasteiger partial charge in [-0.2, -0.15) is 0 Å². The summed E-state index contributed by atoms with van der Waals surface area (Å²) in [7, 11) is 0. The Hall–Kier alpha value is -1.79. The molecule has 0 aliphatic heterocycles. The molecule has 0 aliphatic carbocycles. The van der Waals surface area contributed by atoms with Crippen molar-refractivity contribution in [3.63, 3.8) is 0 Å². The van der Waals surface area contributed by atoms with Crippen molar-refractivity contribution in [1.82, 2.24) is 19.9 Å². The molecule has 1 N–H and O–H groups in total. The standard InChI is InChI=1S/C12H10Cl2N2OS.C12H8Cl2N2OS.Mn.2O/c2*1-18-12-15-6-8(11(14)16-12)10(17)7-4-2-3-5-9(7)13;;;/h2-6,10,17H,1H3;2-6H,1H3;;;. The molecule has 0 saturated heterocycles. The van der Waals surface area contributed by atoms with Crippen molar-refractivity contribution in [2.45, 2.75) is 16.4 Å². The van der Waals surface area contributed by atoms with Gasteiger partial charge in [0, 0.05) is 34.1 Å². The molecule has 0 aliphatic rings. The van der Waals surface area contributed by atoms with Gasteiger partial charge in [0.15, 0.2) is 16.1 Å². The second kappa shape index (κ2) is 17.1. The maximum absolute atomic E-state index is 12.2. The van der Waals surface area contributed by atoms with Crippen molar-refractivity contribution in [2.24, 2.45) is 0 Å². The second-order valence-electron chi connectivity index (χ2n) is 6.96. The number of nitrogens with zero attached hydrogens (tertiary/aromatic N) is 4. The molecule has 2 aromatic carbocycles. The third kappa shape index (κ3) is 9.67. The Kier molecular flexibility index (Phi) is 14.7. The van der Waals surface area contributed by atoms with Gasteiger partial charge in [-0.3, -0.25) is 4.79 Å². The number of thioether (sulfide) groups is 2. The van der Waals surface area contributed by atoms with Crippen LogP contribution in [0.25, 0.3) is 0 Å². The fraction of sp³-hybridized carbons (Fsp3) is 0.125. The molecule has 4 aromatic rings. The van der Waals surface area contributed by atoms with E-state index in [2.05, 4.69) is 19.9 Å². The van der Waals surface area contributed by atoms with Crippen LogP contribution in [0.1, 0.15) is 33.2 Å². The number of aromatic nitrogens is 4. The number of ketones is 1. The number of carbonyl (C=O) groups is 1. The number of aliphatic hydroxyl groups excluding tert-OH is 1. The van der Waals surface area contributed by atoms with Crippen molar-refractivity contribution in [3.8, 4) is 0 Å². The molecule has 0 radical (unpaired) electrons. The number of hydrogen-bond donors (Lipinski definition) is 1. The molecule has 205 valence electrons. The van der Waals surface area contributed by atoms with Gasteiger partial charge >= 0.3 is 22.5 Å². The predicted molar refractivity (Wildman–Crippen MR) is 149 cm³/mol. The van der Waals surface area contributed by atoms with Crippen molar-refractivity contribution in [2.75, 3.05) is 12.5 Å². The zero-order chi connectivity index (χ0) is 28.9. The summed E-state index contributed by atoms with van der Waals surface area (Å²) >= 11 is 25.3. The van der Waals surface area contributed by atoms with Gasteiger partial charge in [-0.1, -0.05) is 100 Å². The number of hydrogen-bond acceptors (Lipinski definition) is 10. The molecule has 2 heterocycles. The van der Waals surface area contributed by atoms with Crippen LogP contribution in [0.3, 0.4) is 0 Å². The third-order valence-electron chi connectivity index (χ3n) is 4.69. The van der Waals surface area contributed by atoms with E-state index >= 15 is 0 Å². The summed E-state index contributed by atoms with van der Waals surface area (Å²) in [5.41, 5.74) is 1.67. The molecule has 4 rings (SSSR count). The van der Waals surface area contributed by atoms with Crippen molar-refractivity contribution < 1.29 is 32.4 Å². The SMILES string of the molecule is CSc1ncc(C(=O)c2ccccc2Cl)c(Cl)n1.CSc1ncc(C(O)c2ccccc2Cl)c(Cl)n1.[O]=[Mn]=[O]. The molecule has 15 heteroatoms. The van der Waals surface area contributed by atoms with E-state index in [0.717, 1.165) is 0 Å². The Morgan fingerprint density at radius 2 is 1.28 bits per heavy atom. The number of rotatable bonds is 6. The van der Waals surface area contributed by atoms with E-state index in [1.54, 1.807) is 48.5 Å². The van der Waals surface area contributed by atoms with E-state index in [9.17, 15) is 9.90 Å². The summed E-state index contributed by atoms with van der Waals surface area (Å²) in [5.74, 6) is -0.279. The molecular weight excluding hydrogens is 669 g/mol. The van der Waals surface area contributed by atoms with Gasteiger partial charge in [0.2, 0.25) is 0 Å². The van der Waals surface area contributed by atoms with Crippen LogP contribution in [0.4, 0.5) is 0 Å². The summed E-state index contributed by atoms with van der Waals surface area (Å²) in [4.78, 5) is 28.5. The van der Waals surface area contributed by atoms with Gasteiger partial charge in [-0.25, -0.2) is 19.9 Å². The molecule has 0 amide bonds. The number of halogens is 4. The normalized spacial score (nSPS) is 10.8. The van der Waals surface area contributed by atoms with Crippen molar-refractivity contribution in [3.05, 3.63) is 104 Å². The van der Waals surface area contributed by atoms with Crippen LogP contribution in [0.2, 0.25) is 20.4 Å². The first-order valence-corrected chi connectivity index (χ1v) is 15.3. The molecule has 8 nitrogen and oxygen atoms in total.